The Labute approximate surface area is 188 Å². The van der Waals surface area contributed by atoms with Crippen molar-refractivity contribution in [3.05, 3.63) is 53.1 Å². The molecular weight excluding hydrogens is 406 g/mol. The molecule has 0 unspecified atom stereocenters. The van der Waals surface area contributed by atoms with E-state index in [0.717, 1.165) is 48.1 Å². The van der Waals surface area contributed by atoms with Gasteiger partial charge in [-0.05, 0) is 61.7 Å². The Kier molecular flexibility index (Phi) is 6.76. The van der Waals surface area contributed by atoms with Crippen molar-refractivity contribution in [3.8, 4) is 5.75 Å². The van der Waals surface area contributed by atoms with Crippen molar-refractivity contribution >= 4 is 32.6 Å². The maximum Gasteiger partial charge on any atom is 0.253 e. The Morgan fingerprint density at radius 2 is 1.81 bits per heavy atom. The highest BCUT2D eigenvalue weighted by Crippen LogP contribution is 2.32. The third-order valence-electron chi connectivity index (χ3n) is 5.77. The number of nitrogens with zero attached hydrogens (tertiary/aromatic N) is 3. The smallest absolute Gasteiger partial charge is 0.253 e. The number of ether oxygens (including phenoxy) is 1. The van der Waals surface area contributed by atoms with Crippen LogP contribution in [0.3, 0.4) is 0 Å². The average Bonchev–Trinajstić information content (AvgIpc) is 3.21. The zero-order valence-corrected chi connectivity index (χ0v) is 19.5. The Balaban J connectivity index is 1.34. The van der Waals surface area contributed by atoms with Crippen LogP contribution >= 0.6 is 11.3 Å². The summed E-state index contributed by atoms with van der Waals surface area (Å²) in [4.78, 5) is 22.1. The lowest BCUT2D eigenvalue weighted by Crippen LogP contribution is -2.48. The maximum absolute atomic E-state index is 12.9. The first-order valence-electron chi connectivity index (χ1n) is 11.2. The van der Waals surface area contributed by atoms with E-state index in [1.54, 1.807) is 11.3 Å². The fraction of sp³-hybridized carbons (Fsp3) is 0.440. The number of fused-ring (bicyclic) bond motifs is 1. The van der Waals surface area contributed by atoms with Crippen LogP contribution in [0.2, 0.25) is 0 Å². The molecule has 0 spiro atoms. The van der Waals surface area contributed by atoms with Crippen LogP contribution in [0.15, 0.2) is 36.4 Å². The summed E-state index contributed by atoms with van der Waals surface area (Å²) in [6.07, 6.45) is 3.43. The summed E-state index contributed by atoms with van der Waals surface area (Å²) < 4.78 is 6.99. The number of aromatic nitrogens is 1. The Bertz CT molecular complexity index is 1040. The molecule has 1 aliphatic rings. The number of aryl methyl sites for hydroxylation is 2. The molecule has 3 aromatic rings. The molecule has 1 amide bonds. The Morgan fingerprint density at radius 1 is 1.06 bits per heavy atom. The molecule has 1 saturated heterocycles. The third kappa shape index (κ3) is 5.01. The molecule has 1 aliphatic heterocycles. The van der Waals surface area contributed by atoms with E-state index in [1.165, 1.54) is 28.7 Å². The number of carbonyl (C=O) groups excluding carboxylic acids is 1. The van der Waals surface area contributed by atoms with E-state index in [9.17, 15) is 4.79 Å². The molecule has 6 heteroatoms. The van der Waals surface area contributed by atoms with Gasteiger partial charge in [-0.15, -0.1) is 0 Å². The molecule has 0 aliphatic carbocycles. The number of rotatable bonds is 7. The van der Waals surface area contributed by atoms with Gasteiger partial charge < -0.3 is 14.5 Å². The molecule has 0 atom stereocenters. The molecule has 0 radical (unpaired) electrons. The number of carbonyl (C=O) groups is 1. The van der Waals surface area contributed by atoms with E-state index < -0.39 is 0 Å². The minimum absolute atomic E-state index is 0.0907. The summed E-state index contributed by atoms with van der Waals surface area (Å²) >= 11 is 1.75. The van der Waals surface area contributed by atoms with Crippen molar-refractivity contribution in [2.45, 2.75) is 40.0 Å². The summed E-state index contributed by atoms with van der Waals surface area (Å²) in [5.41, 5.74) is 4.32. The second-order valence-corrected chi connectivity index (χ2v) is 9.29. The molecule has 0 saturated carbocycles. The van der Waals surface area contributed by atoms with Gasteiger partial charge in [-0.25, -0.2) is 4.98 Å². The van der Waals surface area contributed by atoms with E-state index in [1.807, 2.05) is 29.2 Å². The van der Waals surface area contributed by atoms with Crippen LogP contribution in [0.1, 0.15) is 47.7 Å². The van der Waals surface area contributed by atoms with Crippen LogP contribution in [0, 0.1) is 13.8 Å². The van der Waals surface area contributed by atoms with Crippen LogP contribution in [0.25, 0.3) is 10.2 Å². The highest BCUT2D eigenvalue weighted by Gasteiger charge is 2.24. The normalized spacial score (nSPS) is 14.3. The van der Waals surface area contributed by atoms with Gasteiger partial charge in [-0.2, -0.15) is 0 Å². The van der Waals surface area contributed by atoms with Crippen LogP contribution in [-0.2, 0) is 0 Å². The zero-order valence-electron chi connectivity index (χ0n) is 18.7. The van der Waals surface area contributed by atoms with Crippen LogP contribution in [0.4, 0.5) is 5.13 Å². The van der Waals surface area contributed by atoms with Gasteiger partial charge in [0.15, 0.2) is 5.13 Å². The predicted molar refractivity (Wildman–Crippen MR) is 129 cm³/mol. The number of unbranched alkanes of at least 4 members (excludes halogenated alkanes) is 2. The fourth-order valence-corrected chi connectivity index (χ4v) is 5.21. The topological polar surface area (TPSA) is 45.7 Å². The molecular formula is C25H31N3O2S. The van der Waals surface area contributed by atoms with Crippen molar-refractivity contribution in [1.82, 2.24) is 9.88 Å². The number of anilines is 1. The molecule has 2 heterocycles. The minimum atomic E-state index is 0.0907. The second kappa shape index (κ2) is 9.69. The van der Waals surface area contributed by atoms with Gasteiger partial charge in [0.05, 0.1) is 16.8 Å². The summed E-state index contributed by atoms with van der Waals surface area (Å²) in [5.74, 6) is 0.923. The summed E-state index contributed by atoms with van der Waals surface area (Å²) in [6, 6.07) is 12.0. The van der Waals surface area contributed by atoms with Gasteiger partial charge >= 0.3 is 0 Å². The number of hydrogen-bond acceptors (Lipinski definition) is 5. The zero-order chi connectivity index (χ0) is 21.8. The first-order chi connectivity index (χ1) is 15.0. The lowest BCUT2D eigenvalue weighted by atomic mass is 10.1. The molecule has 31 heavy (non-hydrogen) atoms. The fourth-order valence-electron chi connectivity index (χ4n) is 4.01. The molecule has 0 N–H and O–H groups in total. The van der Waals surface area contributed by atoms with Crippen molar-refractivity contribution in [2.24, 2.45) is 0 Å². The number of piperazine rings is 1. The molecule has 164 valence electrons. The van der Waals surface area contributed by atoms with Crippen molar-refractivity contribution in [3.63, 3.8) is 0 Å². The largest absolute Gasteiger partial charge is 0.494 e. The molecule has 1 fully saturated rings. The molecule has 4 rings (SSSR count). The van der Waals surface area contributed by atoms with Crippen LogP contribution in [-0.4, -0.2) is 48.6 Å². The first kappa shape index (κ1) is 21.6. The number of benzene rings is 2. The van der Waals surface area contributed by atoms with Crippen molar-refractivity contribution in [2.75, 3.05) is 37.7 Å². The van der Waals surface area contributed by atoms with Gasteiger partial charge in [-0.3, -0.25) is 4.79 Å². The Hall–Kier alpha value is -2.60. The van der Waals surface area contributed by atoms with Crippen LogP contribution in [0.5, 0.6) is 5.75 Å². The first-order valence-corrected chi connectivity index (χ1v) is 12.0. The quantitative estimate of drug-likeness (QED) is 0.462. The lowest BCUT2D eigenvalue weighted by Gasteiger charge is -2.34. The number of amides is 1. The monoisotopic (exact) mass is 437 g/mol. The van der Waals surface area contributed by atoms with E-state index in [0.29, 0.717) is 13.1 Å². The van der Waals surface area contributed by atoms with Gasteiger partial charge in [0, 0.05) is 31.7 Å². The van der Waals surface area contributed by atoms with E-state index >= 15 is 0 Å². The second-order valence-electron chi connectivity index (χ2n) is 8.28. The standard InChI is InChI=1S/C25H31N3O2S/c1-4-5-6-15-30-21-9-7-20(8-10-21)24(29)27-11-13-28(14-12-27)25-26-23-19(3)16-18(2)17-22(23)31-25/h7-10,16-17H,4-6,11-15H2,1-3H3. The van der Waals surface area contributed by atoms with Gasteiger partial charge in [0.25, 0.3) is 5.91 Å². The molecule has 2 aromatic carbocycles. The van der Waals surface area contributed by atoms with E-state index in [2.05, 4.69) is 37.8 Å². The van der Waals surface area contributed by atoms with E-state index in [4.69, 9.17) is 9.72 Å². The highest BCUT2D eigenvalue weighted by molar-refractivity contribution is 7.22. The average molecular weight is 438 g/mol. The number of thiazole rings is 1. The SMILES string of the molecule is CCCCCOc1ccc(C(=O)N2CCN(c3nc4c(C)cc(C)cc4s3)CC2)cc1. The van der Waals surface area contributed by atoms with Crippen LogP contribution < -0.4 is 9.64 Å². The maximum atomic E-state index is 12.9. The predicted octanol–water partition coefficient (Wildman–Crippen LogP) is 5.44. The summed E-state index contributed by atoms with van der Waals surface area (Å²) in [7, 11) is 0. The van der Waals surface area contributed by atoms with Gasteiger partial charge in [0.2, 0.25) is 0 Å². The lowest BCUT2D eigenvalue weighted by molar-refractivity contribution is 0.0746. The third-order valence-corrected chi connectivity index (χ3v) is 6.84. The molecule has 1 aromatic heterocycles. The van der Waals surface area contributed by atoms with Crippen molar-refractivity contribution < 1.29 is 9.53 Å². The van der Waals surface area contributed by atoms with Crippen molar-refractivity contribution in [1.29, 1.82) is 0 Å². The summed E-state index contributed by atoms with van der Waals surface area (Å²) in [5, 5.41) is 1.06. The molecule has 5 nitrogen and oxygen atoms in total. The highest BCUT2D eigenvalue weighted by atomic mass is 32.1. The summed E-state index contributed by atoms with van der Waals surface area (Å²) in [6.45, 7) is 10.2. The van der Waals surface area contributed by atoms with Gasteiger partial charge in [-0.1, -0.05) is 37.2 Å². The number of hydrogen-bond donors (Lipinski definition) is 0. The minimum Gasteiger partial charge on any atom is -0.494 e. The van der Waals surface area contributed by atoms with Gasteiger partial charge in [0.1, 0.15) is 5.75 Å². The Morgan fingerprint density at radius 3 is 2.52 bits per heavy atom. The molecule has 0 bridgehead atoms. The van der Waals surface area contributed by atoms with E-state index in [-0.39, 0.29) is 5.91 Å².